The van der Waals surface area contributed by atoms with Crippen molar-refractivity contribution in [1.29, 1.82) is 0 Å². The molecule has 1 heterocycles. The van der Waals surface area contributed by atoms with Crippen LogP contribution in [0.1, 0.15) is 5.56 Å². The first kappa shape index (κ1) is 13.2. The van der Waals surface area contributed by atoms with Crippen molar-refractivity contribution in [3.63, 3.8) is 0 Å². The Morgan fingerprint density at radius 3 is 2.05 bits per heavy atom. The van der Waals surface area contributed by atoms with Crippen LogP contribution >= 0.6 is 23.2 Å². The molecule has 0 atom stereocenters. The van der Waals surface area contributed by atoms with Crippen LogP contribution < -0.4 is 4.74 Å². The van der Waals surface area contributed by atoms with Crippen molar-refractivity contribution in [3.8, 4) is 5.75 Å². The van der Waals surface area contributed by atoms with Crippen LogP contribution in [0.25, 0.3) is 11.0 Å². The molecule has 0 fully saturated rings. The number of ether oxygens (including phenoxy) is 1. The number of benzene rings is 2. The summed E-state index contributed by atoms with van der Waals surface area (Å²) in [6.07, 6.45) is 0. The lowest BCUT2D eigenvalue weighted by atomic mass is 10.2. The largest absolute Gasteiger partial charge is 0.497 e. The topological polar surface area (TPSA) is 39.9 Å². The van der Waals surface area contributed by atoms with Gasteiger partial charge in [0.2, 0.25) is 0 Å². The number of hydrogen-bond acceptors (Lipinski definition) is 3. The second kappa shape index (κ2) is 5.31. The van der Waals surface area contributed by atoms with Gasteiger partial charge in [0, 0.05) is 0 Å². The molecule has 0 saturated heterocycles. The van der Waals surface area contributed by atoms with Crippen molar-refractivity contribution < 1.29 is 4.74 Å². The van der Waals surface area contributed by atoms with Crippen LogP contribution in [0.15, 0.2) is 36.4 Å². The summed E-state index contributed by atoms with van der Waals surface area (Å²) in [5.74, 6) is 0.825. The van der Waals surface area contributed by atoms with Gasteiger partial charge in [-0.25, -0.2) is 0 Å². The number of rotatable bonds is 3. The molecule has 1 aromatic heterocycles. The van der Waals surface area contributed by atoms with Crippen molar-refractivity contribution in [1.82, 2.24) is 15.0 Å². The predicted octanol–water partition coefficient (Wildman–Crippen LogP) is 3.80. The Hall–Kier alpha value is -1.78. The number of methoxy groups -OCH3 is 1. The highest BCUT2D eigenvalue weighted by molar-refractivity contribution is 6.42. The Labute approximate surface area is 125 Å². The average molecular weight is 308 g/mol. The summed E-state index contributed by atoms with van der Waals surface area (Å²) in [6, 6.07) is 11.2. The zero-order chi connectivity index (χ0) is 14.1. The van der Waals surface area contributed by atoms with E-state index in [4.69, 9.17) is 27.9 Å². The van der Waals surface area contributed by atoms with E-state index in [1.165, 1.54) is 0 Å². The number of nitrogens with zero attached hydrogens (tertiary/aromatic N) is 3. The first-order valence-corrected chi connectivity index (χ1v) is 6.74. The molecule has 20 heavy (non-hydrogen) atoms. The summed E-state index contributed by atoms with van der Waals surface area (Å²) in [5, 5.41) is 9.73. The minimum atomic E-state index is 0.482. The van der Waals surface area contributed by atoms with Crippen molar-refractivity contribution in [2.45, 2.75) is 6.54 Å². The van der Waals surface area contributed by atoms with Crippen molar-refractivity contribution >= 4 is 34.2 Å². The smallest absolute Gasteiger partial charge is 0.118 e. The van der Waals surface area contributed by atoms with Gasteiger partial charge in [0.25, 0.3) is 0 Å². The van der Waals surface area contributed by atoms with Crippen molar-refractivity contribution in [2.24, 2.45) is 0 Å². The highest BCUT2D eigenvalue weighted by Crippen LogP contribution is 2.26. The highest BCUT2D eigenvalue weighted by atomic mass is 35.5. The molecule has 6 heteroatoms. The van der Waals surface area contributed by atoms with E-state index in [0.717, 1.165) is 22.3 Å². The molecule has 0 saturated carbocycles. The van der Waals surface area contributed by atoms with E-state index in [0.29, 0.717) is 16.6 Å². The summed E-state index contributed by atoms with van der Waals surface area (Å²) < 4.78 is 5.13. The maximum Gasteiger partial charge on any atom is 0.118 e. The molecule has 0 aliphatic rings. The summed E-state index contributed by atoms with van der Waals surface area (Å²) >= 11 is 11.9. The minimum Gasteiger partial charge on any atom is -0.497 e. The van der Waals surface area contributed by atoms with Crippen molar-refractivity contribution in [2.75, 3.05) is 7.11 Å². The van der Waals surface area contributed by atoms with Gasteiger partial charge in [-0.05, 0) is 29.8 Å². The van der Waals surface area contributed by atoms with Gasteiger partial charge in [0.15, 0.2) is 0 Å². The minimum absolute atomic E-state index is 0.482. The number of hydrogen-bond donors (Lipinski definition) is 0. The molecule has 0 unspecified atom stereocenters. The molecule has 0 aliphatic heterocycles. The van der Waals surface area contributed by atoms with E-state index in [9.17, 15) is 0 Å². The molecule has 0 radical (unpaired) electrons. The molecule has 102 valence electrons. The quantitative estimate of drug-likeness (QED) is 0.739. The summed E-state index contributed by atoms with van der Waals surface area (Å²) in [7, 11) is 1.64. The molecule has 3 aromatic rings. The molecule has 0 amide bonds. The Morgan fingerprint density at radius 1 is 1.00 bits per heavy atom. The van der Waals surface area contributed by atoms with Crippen LogP contribution in [0.4, 0.5) is 0 Å². The second-order valence-electron chi connectivity index (χ2n) is 4.33. The molecular formula is C14H11Cl2N3O. The fourth-order valence-corrected chi connectivity index (χ4v) is 2.24. The van der Waals surface area contributed by atoms with Gasteiger partial charge < -0.3 is 4.74 Å². The molecular weight excluding hydrogens is 297 g/mol. The Bertz CT molecular complexity index is 714. The normalized spacial score (nSPS) is 10.9. The third kappa shape index (κ3) is 2.57. The second-order valence-corrected chi connectivity index (χ2v) is 5.15. The number of aromatic nitrogens is 3. The molecule has 0 spiro atoms. The van der Waals surface area contributed by atoms with Gasteiger partial charge in [0.1, 0.15) is 16.8 Å². The Balaban J connectivity index is 1.90. The van der Waals surface area contributed by atoms with E-state index < -0.39 is 0 Å². The first-order valence-electron chi connectivity index (χ1n) is 5.98. The van der Waals surface area contributed by atoms with Gasteiger partial charge in [-0.3, -0.25) is 0 Å². The van der Waals surface area contributed by atoms with E-state index in [1.54, 1.807) is 24.0 Å². The third-order valence-electron chi connectivity index (χ3n) is 2.95. The summed E-state index contributed by atoms with van der Waals surface area (Å²) in [4.78, 5) is 1.62. The van der Waals surface area contributed by atoms with Crippen LogP contribution in [0.5, 0.6) is 5.75 Å². The Morgan fingerprint density at radius 2 is 1.55 bits per heavy atom. The lowest BCUT2D eigenvalue weighted by Crippen LogP contribution is -2.03. The lowest BCUT2D eigenvalue weighted by molar-refractivity contribution is 0.414. The predicted molar refractivity (Wildman–Crippen MR) is 79.6 cm³/mol. The van der Waals surface area contributed by atoms with E-state index in [1.807, 2.05) is 24.3 Å². The van der Waals surface area contributed by atoms with Crippen LogP contribution in [0.3, 0.4) is 0 Å². The standard InChI is InChI=1S/C14H11Cl2N3O/c1-20-10-4-2-9(3-5-10)8-19-17-13-6-11(15)12(16)7-14(13)18-19/h2-7H,8H2,1H3. The zero-order valence-corrected chi connectivity index (χ0v) is 12.2. The molecule has 0 bridgehead atoms. The van der Waals surface area contributed by atoms with Gasteiger partial charge in [-0.15, -0.1) is 0 Å². The first-order chi connectivity index (χ1) is 9.65. The number of halogens is 2. The van der Waals surface area contributed by atoms with Crippen LogP contribution in [-0.2, 0) is 6.54 Å². The van der Waals surface area contributed by atoms with Crippen LogP contribution in [0.2, 0.25) is 10.0 Å². The molecule has 2 aromatic carbocycles. The van der Waals surface area contributed by atoms with Gasteiger partial charge >= 0.3 is 0 Å². The van der Waals surface area contributed by atoms with Crippen molar-refractivity contribution in [3.05, 3.63) is 52.0 Å². The molecule has 0 aliphatic carbocycles. The SMILES string of the molecule is COc1ccc(Cn2nc3cc(Cl)c(Cl)cc3n2)cc1. The Kier molecular flexibility index (Phi) is 3.51. The fraction of sp³-hybridized carbons (Fsp3) is 0.143. The molecule has 0 N–H and O–H groups in total. The van der Waals surface area contributed by atoms with Gasteiger partial charge in [0.05, 0.1) is 23.7 Å². The van der Waals surface area contributed by atoms with Crippen LogP contribution in [0, 0.1) is 0 Å². The molecule has 4 nitrogen and oxygen atoms in total. The summed E-state index contributed by atoms with van der Waals surface area (Å²) in [6.45, 7) is 0.577. The maximum atomic E-state index is 5.97. The fourth-order valence-electron chi connectivity index (χ4n) is 1.92. The van der Waals surface area contributed by atoms with Crippen LogP contribution in [-0.4, -0.2) is 22.1 Å². The van der Waals surface area contributed by atoms with E-state index >= 15 is 0 Å². The average Bonchev–Trinajstić information content (AvgIpc) is 2.81. The zero-order valence-electron chi connectivity index (χ0n) is 10.7. The summed E-state index contributed by atoms with van der Waals surface area (Å²) in [5.41, 5.74) is 2.55. The monoisotopic (exact) mass is 307 g/mol. The lowest BCUT2D eigenvalue weighted by Gasteiger charge is -2.02. The van der Waals surface area contributed by atoms with E-state index in [-0.39, 0.29) is 0 Å². The van der Waals surface area contributed by atoms with Gasteiger partial charge in [-0.2, -0.15) is 15.0 Å². The highest BCUT2D eigenvalue weighted by Gasteiger charge is 2.07. The maximum absolute atomic E-state index is 5.97. The number of fused-ring (bicyclic) bond motifs is 1. The van der Waals surface area contributed by atoms with Gasteiger partial charge in [-0.1, -0.05) is 35.3 Å². The van der Waals surface area contributed by atoms with E-state index in [2.05, 4.69) is 10.2 Å². The molecule has 3 rings (SSSR count). The third-order valence-corrected chi connectivity index (χ3v) is 3.67.